The molecule has 78 heavy (non-hydrogen) atoms. The molecule has 6 rings (SSSR count). The van der Waals surface area contributed by atoms with Crippen molar-refractivity contribution in [3.05, 3.63) is 179 Å². The van der Waals surface area contributed by atoms with Gasteiger partial charge in [-0.25, -0.2) is 0 Å². The van der Waals surface area contributed by atoms with Gasteiger partial charge in [-0.15, -0.1) is 0 Å². The minimum absolute atomic E-state index is 0. The van der Waals surface area contributed by atoms with Crippen LogP contribution in [0.3, 0.4) is 0 Å². The van der Waals surface area contributed by atoms with Crippen molar-refractivity contribution >= 4 is 35.8 Å². The van der Waals surface area contributed by atoms with Crippen LogP contribution in [0, 0.1) is 77.2 Å². The zero-order valence-corrected chi connectivity index (χ0v) is 43.8. The second kappa shape index (κ2) is 66.0. The van der Waals surface area contributed by atoms with Crippen LogP contribution in [0.2, 0.25) is 0 Å². The largest absolute Gasteiger partial charge is 3.00 e. The van der Waals surface area contributed by atoms with Gasteiger partial charge in [-0.1, -0.05) is 0 Å². The summed E-state index contributed by atoms with van der Waals surface area (Å²) in [5.74, 6) is -7.14. The topological polar surface area (TPSA) is 875 Å². The van der Waals surface area contributed by atoms with Crippen LogP contribution in [-0.2, 0) is 32.9 Å². The molecule has 0 amide bonds. The minimum atomic E-state index is -1.24. The average molecular weight is 1430 g/mol. The first kappa shape index (κ1) is 124. The molecule has 0 aliphatic rings. The molecule has 0 heterocycles. The summed E-state index contributed by atoms with van der Waals surface area (Å²) in [6.45, 7) is 0. The van der Waals surface area contributed by atoms with Crippen molar-refractivity contribution in [2.75, 3.05) is 0 Å². The number of carboxylic acid groups (broad SMARTS) is 6. The number of hydrogen-bond acceptors (Lipinski definition) is 18. The molecule has 0 bridgehead atoms. The SMILES string of the molecule is O.O.O.O.O.O.O.O.O.O.O=C([O-])c1ccc(O)cc1.O=C([O-])c1ccc(O)cc1.O=C([O-])c1ccc(O)cc1.O=C([O-])c1ccc(O)cc1.O=C([O-])c1ccc(O)cc1.O=C([O-])c1ccc(O)cc1.[OH3+].[OH3+].[OH3+].[OH3+].[OH3+].[OH3+].[Tb+3].[Tb+3]. The fraction of sp³-hybridized carbons (Fsp3) is 0. The number of benzene rings is 6. The third kappa shape index (κ3) is 53.7. The maximum Gasteiger partial charge on any atom is 3.00 e. The molecule has 36 heteroatoms. The molecule has 0 fully saturated rings. The van der Waals surface area contributed by atoms with Gasteiger partial charge in [-0.3, -0.25) is 0 Å². The van der Waals surface area contributed by atoms with E-state index in [9.17, 15) is 59.4 Å². The van der Waals surface area contributed by atoms with E-state index in [1.54, 1.807) is 0 Å². The van der Waals surface area contributed by atoms with Crippen molar-refractivity contribution in [2.24, 2.45) is 0 Å². The van der Waals surface area contributed by atoms with Crippen molar-refractivity contribution in [1.82, 2.24) is 0 Å². The number of carbonyl (C=O) groups excluding carboxylic acids is 6. The third-order valence-electron chi connectivity index (χ3n) is 6.62. The maximum atomic E-state index is 10.1. The predicted molar refractivity (Wildman–Crippen MR) is 260 cm³/mol. The Balaban J connectivity index is -0.0000000331. The standard InChI is InChI=1S/6C7H6O3.16H2O.2Tb/c6*8-6-3-1-5(2-4-6)7(9)10;;;;;;;;;;;;;;;;;;/h6*1-4,8H,(H,9,10);16*1H2;;/q;;;;;;;;;;;;;;;;;;;;;;2*+3. The van der Waals surface area contributed by atoms with Crippen molar-refractivity contribution in [3.63, 3.8) is 0 Å². The van der Waals surface area contributed by atoms with Gasteiger partial charge in [-0.05, 0) is 179 Å². The van der Waals surface area contributed by atoms with Crippen LogP contribution in [-0.4, -0.2) is 121 Å². The molecule has 0 saturated heterocycles. The Morgan fingerprint density at radius 1 is 0.205 bits per heavy atom. The Morgan fingerprint density at radius 3 is 0.321 bits per heavy atom. The number of phenolic OH excluding ortho intramolecular Hbond substituents is 6. The predicted octanol–water partition coefficient (Wildman–Crippen LogP) is -15.2. The number of carbonyl (C=O) groups is 6. The number of hydrogen-bond donors (Lipinski definition) is 6. The van der Waals surface area contributed by atoms with E-state index >= 15 is 0 Å². The summed E-state index contributed by atoms with van der Waals surface area (Å²) in [6.07, 6.45) is 0. The number of aromatic hydroxyl groups is 6. The molecule has 0 saturated carbocycles. The van der Waals surface area contributed by atoms with Crippen LogP contribution in [0.25, 0.3) is 0 Å². The number of phenols is 6. The molecule has 452 valence electrons. The number of carboxylic acids is 6. The van der Waals surface area contributed by atoms with Crippen molar-refractivity contribution in [1.29, 1.82) is 0 Å². The first-order valence-electron chi connectivity index (χ1n) is 16.2. The van der Waals surface area contributed by atoms with Crippen LogP contribution in [0.15, 0.2) is 146 Å². The van der Waals surface area contributed by atoms with Gasteiger partial charge in [-0.2, -0.15) is 0 Å². The summed E-state index contributed by atoms with van der Waals surface area (Å²) in [6, 6.07) is 31.0. The normalized spacial score (nSPS) is 7.08. The molecule has 44 N–H and O–H groups in total. The van der Waals surface area contributed by atoms with Crippen molar-refractivity contribution in [2.45, 2.75) is 0 Å². The van der Waals surface area contributed by atoms with Gasteiger partial charge in [0.25, 0.3) is 0 Å². The Labute approximate surface area is 500 Å². The minimum Gasteiger partial charge on any atom is -0.545 e. The molecule has 0 atom stereocenters. The number of rotatable bonds is 6. The van der Waals surface area contributed by atoms with Crippen LogP contribution in [0.4, 0.5) is 0 Å². The zero-order valence-electron chi connectivity index (χ0n) is 39.6. The van der Waals surface area contributed by atoms with Crippen LogP contribution in [0.1, 0.15) is 62.1 Å². The zero-order chi connectivity index (χ0) is 45.4. The summed E-state index contributed by atoms with van der Waals surface area (Å²) >= 11 is 0. The first-order chi connectivity index (χ1) is 28.2. The molecule has 0 unspecified atom stereocenters. The van der Waals surface area contributed by atoms with E-state index in [4.69, 9.17) is 30.6 Å². The molecule has 0 aliphatic carbocycles. The molecule has 0 aromatic heterocycles. The molecule has 34 nitrogen and oxygen atoms in total. The van der Waals surface area contributed by atoms with E-state index in [1.807, 2.05) is 0 Å². The van der Waals surface area contributed by atoms with E-state index < -0.39 is 35.8 Å². The Bertz CT molecular complexity index is 1890. The number of aromatic carboxylic acids is 6. The van der Waals surface area contributed by atoms with Crippen LogP contribution < -0.4 is 30.6 Å². The van der Waals surface area contributed by atoms with Gasteiger partial charge in [0, 0.05) is 0 Å². The smallest absolute Gasteiger partial charge is 0.545 e. The van der Waals surface area contributed by atoms with Gasteiger partial charge in [0.2, 0.25) is 0 Å². The Hall–Kier alpha value is -7.13. The van der Waals surface area contributed by atoms with Gasteiger partial charge >= 0.3 is 77.2 Å². The second-order valence-electron chi connectivity index (χ2n) is 11.0. The monoisotopic (exact) mass is 1430 g/mol. The van der Waals surface area contributed by atoms with E-state index in [2.05, 4.69) is 0 Å². The molecular weight excluding hydrogens is 1370 g/mol. The quantitative estimate of drug-likeness (QED) is 0.0843. The molecule has 6 aromatic carbocycles. The summed E-state index contributed by atoms with van der Waals surface area (Å²) in [4.78, 5) is 60.7. The van der Waals surface area contributed by atoms with Gasteiger partial charge in [0.05, 0.1) is 35.8 Å². The van der Waals surface area contributed by atoms with Crippen molar-refractivity contribution in [3.8, 4) is 34.5 Å². The second-order valence-corrected chi connectivity index (χ2v) is 11.0. The summed E-state index contributed by atoms with van der Waals surface area (Å²) in [5, 5.41) is 113. The molecule has 6 aromatic rings. The van der Waals surface area contributed by atoms with Crippen LogP contribution in [0.5, 0.6) is 34.5 Å². The summed E-state index contributed by atoms with van der Waals surface area (Å²) in [7, 11) is 0. The first-order valence-corrected chi connectivity index (χ1v) is 16.2. The van der Waals surface area contributed by atoms with E-state index in [0.717, 1.165) is 0 Å². The summed E-state index contributed by atoms with van der Waals surface area (Å²) in [5.41, 5.74) is 0.404. The van der Waals surface area contributed by atoms with Gasteiger partial charge < -0.3 is 178 Å². The molecule has 0 aliphatic heterocycles. The van der Waals surface area contributed by atoms with E-state index in [0.29, 0.717) is 0 Å². The fourth-order valence-corrected chi connectivity index (χ4v) is 3.59. The molecule has 0 spiro atoms. The van der Waals surface area contributed by atoms with E-state index in [1.165, 1.54) is 146 Å². The maximum absolute atomic E-state index is 10.1. The molecule has 0 radical (unpaired) electrons. The summed E-state index contributed by atoms with van der Waals surface area (Å²) < 4.78 is 0. The van der Waals surface area contributed by atoms with Gasteiger partial charge in [0.15, 0.2) is 0 Å². The Kier molecular flexibility index (Phi) is 105. The third-order valence-corrected chi connectivity index (χ3v) is 6.62. The fourth-order valence-electron chi connectivity index (χ4n) is 3.59. The Morgan fingerprint density at radius 2 is 0.269 bits per heavy atom. The van der Waals surface area contributed by atoms with E-state index in [-0.39, 0.29) is 233 Å². The average Bonchev–Trinajstić information content (AvgIpc) is 3.20. The van der Waals surface area contributed by atoms with Crippen LogP contribution >= 0.6 is 0 Å². The van der Waals surface area contributed by atoms with Crippen molar-refractivity contribution < 1.29 is 255 Å². The molecular formula is C42H68O34Tb2+6. The van der Waals surface area contributed by atoms with Gasteiger partial charge in [0.1, 0.15) is 34.5 Å².